The number of benzene rings is 3. The molecule has 1 heterocycles. The molecule has 0 unspecified atom stereocenters. The Kier molecular flexibility index (Phi) is 7.63. The highest BCUT2D eigenvalue weighted by Crippen LogP contribution is 2.37. The predicted molar refractivity (Wildman–Crippen MR) is 141 cm³/mol. The molecular formula is C28H24F3N3O3S. The van der Waals surface area contributed by atoms with Crippen molar-refractivity contribution in [3.63, 3.8) is 0 Å². The van der Waals surface area contributed by atoms with Crippen LogP contribution in [0.5, 0.6) is 0 Å². The van der Waals surface area contributed by atoms with Crippen LogP contribution in [0, 0.1) is 6.92 Å². The van der Waals surface area contributed by atoms with E-state index in [1.54, 1.807) is 38.1 Å². The Labute approximate surface area is 221 Å². The molecule has 6 nitrogen and oxygen atoms in total. The number of hydrogen-bond acceptors (Lipinski definition) is 5. The number of alkyl halides is 3. The maximum Gasteiger partial charge on any atom is 0.416 e. The van der Waals surface area contributed by atoms with E-state index in [0.717, 1.165) is 41.6 Å². The van der Waals surface area contributed by atoms with Gasteiger partial charge < -0.3 is 10.6 Å². The Balaban J connectivity index is 1.51. The molecule has 0 spiro atoms. The number of rotatable bonds is 7. The highest BCUT2D eigenvalue weighted by atomic mass is 32.2. The standard InChI is InChI=1S/C28H24F3N3O3S/c1-16(2)34-26(36)23(32-20-10-4-17(3)5-11-20)24(27(34)37)38-22-14-12-21(13-15-22)33-25(35)18-6-8-19(9-7-18)28(29,30)31/h4-16,32H,1-3H3,(H,33,35). The zero-order valence-corrected chi connectivity index (χ0v) is 21.5. The Morgan fingerprint density at radius 3 is 1.97 bits per heavy atom. The first kappa shape index (κ1) is 27.0. The molecule has 38 heavy (non-hydrogen) atoms. The van der Waals surface area contributed by atoms with E-state index in [1.807, 2.05) is 31.2 Å². The van der Waals surface area contributed by atoms with E-state index in [0.29, 0.717) is 16.3 Å². The number of anilines is 2. The van der Waals surface area contributed by atoms with E-state index in [-0.39, 0.29) is 22.2 Å². The van der Waals surface area contributed by atoms with Crippen LogP contribution in [0.25, 0.3) is 0 Å². The second-order valence-corrected chi connectivity index (χ2v) is 10.0. The molecule has 0 atom stereocenters. The summed E-state index contributed by atoms with van der Waals surface area (Å²) in [5, 5.41) is 5.73. The van der Waals surface area contributed by atoms with Gasteiger partial charge in [0, 0.05) is 27.9 Å². The first-order valence-electron chi connectivity index (χ1n) is 11.7. The van der Waals surface area contributed by atoms with Crippen molar-refractivity contribution in [3.8, 4) is 0 Å². The molecule has 0 saturated carbocycles. The molecule has 1 aliphatic heterocycles. The molecule has 0 fully saturated rings. The third-order valence-electron chi connectivity index (χ3n) is 5.72. The van der Waals surface area contributed by atoms with Gasteiger partial charge in [0.2, 0.25) is 0 Å². The first-order valence-corrected chi connectivity index (χ1v) is 12.5. The summed E-state index contributed by atoms with van der Waals surface area (Å²) in [4.78, 5) is 40.8. The van der Waals surface area contributed by atoms with Crippen molar-refractivity contribution in [2.45, 2.75) is 37.9 Å². The van der Waals surface area contributed by atoms with Gasteiger partial charge in [0.1, 0.15) is 10.6 Å². The van der Waals surface area contributed by atoms with E-state index in [2.05, 4.69) is 10.6 Å². The fourth-order valence-corrected chi connectivity index (χ4v) is 4.65. The molecular weight excluding hydrogens is 515 g/mol. The molecule has 4 rings (SSSR count). The molecule has 2 N–H and O–H groups in total. The summed E-state index contributed by atoms with van der Waals surface area (Å²) in [5.41, 5.74) is 1.59. The van der Waals surface area contributed by atoms with E-state index < -0.39 is 29.5 Å². The zero-order valence-electron chi connectivity index (χ0n) is 20.7. The average Bonchev–Trinajstić information content (AvgIpc) is 3.10. The molecule has 0 bridgehead atoms. The molecule has 0 aromatic heterocycles. The molecule has 10 heteroatoms. The van der Waals surface area contributed by atoms with Crippen LogP contribution in [0.4, 0.5) is 24.5 Å². The fraction of sp³-hybridized carbons (Fsp3) is 0.179. The molecule has 196 valence electrons. The first-order chi connectivity index (χ1) is 17.9. The highest BCUT2D eigenvalue weighted by molar-refractivity contribution is 8.04. The summed E-state index contributed by atoms with van der Waals surface area (Å²) in [6, 6.07) is 17.6. The molecule has 3 aromatic rings. The fourth-order valence-electron chi connectivity index (χ4n) is 3.72. The van der Waals surface area contributed by atoms with Gasteiger partial charge in [-0.2, -0.15) is 13.2 Å². The number of nitrogens with zero attached hydrogens (tertiary/aromatic N) is 1. The predicted octanol–water partition coefficient (Wildman–Crippen LogP) is 6.46. The maximum absolute atomic E-state index is 13.1. The largest absolute Gasteiger partial charge is 0.416 e. The highest BCUT2D eigenvalue weighted by Gasteiger charge is 2.40. The van der Waals surface area contributed by atoms with Crippen molar-refractivity contribution >= 4 is 40.9 Å². The van der Waals surface area contributed by atoms with Gasteiger partial charge in [-0.1, -0.05) is 29.5 Å². The van der Waals surface area contributed by atoms with E-state index in [4.69, 9.17) is 0 Å². The number of carbonyl (C=O) groups is 3. The lowest BCUT2D eigenvalue weighted by Crippen LogP contribution is -2.38. The minimum absolute atomic E-state index is 0.0808. The van der Waals surface area contributed by atoms with Gasteiger partial charge in [-0.25, -0.2) is 0 Å². The number of halogens is 3. The monoisotopic (exact) mass is 539 g/mol. The second-order valence-electron chi connectivity index (χ2n) is 8.92. The second kappa shape index (κ2) is 10.7. The van der Waals surface area contributed by atoms with Gasteiger partial charge in [-0.15, -0.1) is 0 Å². The van der Waals surface area contributed by atoms with Crippen LogP contribution in [0.1, 0.15) is 35.3 Å². The Morgan fingerprint density at radius 2 is 1.42 bits per heavy atom. The van der Waals surface area contributed by atoms with Gasteiger partial charge in [-0.05, 0) is 81.4 Å². The van der Waals surface area contributed by atoms with Crippen LogP contribution >= 0.6 is 11.8 Å². The topological polar surface area (TPSA) is 78.5 Å². The van der Waals surface area contributed by atoms with Gasteiger partial charge in [0.05, 0.1) is 5.56 Å². The summed E-state index contributed by atoms with van der Waals surface area (Å²) in [6.45, 7) is 5.48. The van der Waals surface area contributed by atoms with E-state index >= 15 is 0 Å². The number of aryl methyl sites for hydroxylation is 1. The number of thioether (sulfide) groups is 1. The molecule has 1 aliphatic rings. The summed E-state index contributed by atoms with van der Waals surface area (Å²) in [6.07, 6.45) is -4.48. The Bertz CT molecular complexity index is 1400. The van der Waals surface area contributed by atoms with Crippen LogP contribution in [0.2, 0.25) is 0 Å². The lowest BCUT2D eigenvalue weighted by atomic mass is 10.1. The summed E-state index contributed by atoms with van der Waals surface area (Å²) < 4.78 is 38.3. The van der Waals surface area contributed by atoms with E-state index in [1.165, 1.54) is 4.90 Å². The molecule has 0 radical (unpaired) electrons. The smallest absolute Gasteiger partial charge is 0.350 e. The van der Waals surface area contributed by atoms with Crippen molar-refractivity contribution in [3.05, 3.63) is 100 Å². The number of amides is 3. The number of hydrogen-bond donors (Lipinski definition) is 2. The normalized spacial score (nSPS) is 13.9. The minimum atomic E-state index is -4.48. The Morgan fingerprint density at radius 1 is 0.842 bits per heavy atom. The van der Waals surface area contributed by atoms with Crippen molar-refractivity contribution in [2.75, 3.05) is 10.6 Å². The minimum Gasteiger partial charge on any atom is -0.350 e. The van der Waals surface area contributed by atoms with Crippen LogP contribution in [-0.2, 0) is 15.8 Å². The van der Waals surface area contributed by atoms with Crippen molar-refractivity contribution in [1.82, 2.24) is 4.90 Å². The molecule has 3 amide bonds. The van der Waals surface area contributed by atoms with Gasteiger partial charge in [0.15, 0.2) is 0 Å². The summed E-state index contributed by atoms with van der Waals surface area (Å²) in [5.74, 6) is -1.37. The van der Waals surface area contributed by atoms with Crippen molar-refractivity contribution in [1.29, 1.82) is 0 Å². The lowest BCUT2D eigenvalue weighted by molar-refractivity contribution is -0.139. The quantitative estimate of drug-likeness (QED) is 0.337. The summed E-state index contributed by atoms with van der Waals surface area (Å²) in [7, 11) is 0. The average molecular weight is 540 g/mol. The zero-order chi connectivity index (χ0) is 27.6. The van der Waals surface area contributed by atoms with Gasteiger partial charge in [0.25, 0.3) is 17.7 Å². The van der Waals surface area contributed by atoms with Gasteiger partial charge in [-0.3, -0.25) is 19.3 Å². The SMILES string of the molecule is Cc1ccc(NC2=C(Sc3ccc(NC(=O)c4ccc(C(F)(F)F)cc4)cc3)C(=O)N(C(C)C)C2=O)cc1. The van der Waals surface area contributed by atoms with E-state index in [9.17, 15) is 27.6 Å². The number of carbonyl (C=O) groups excluding carboxylic acids is 3. The maximum atomic E-state index is 13.1. The van der Waals surface area contributed by atoms with Crippen molar-refractivity contribution < 1.29 is 27.6 Å². The number of nitrogens with one attached hydrogen (secondary N) is 2. The number of imide groups is 1. The van der Waals surface area contributed by atoms with Crippen LogP contribution in [0.15, 0.2) is 88.3 Å². The third kappa shape index (κ3) is 5.91. The third-order valence-corrected chi connectivity index (χ3v) is 6.81. The van der Waals surface area contributed by atoms with Crippen LogP contribution in [0.3, 0.4) is 0 Å². The molecule has 0 saturated heterocycles. The summed E-state index contributed by atoms with van der Waals surface area (Å²) >= 11 is 1.13. The van der Waals surface area contributed by atoms with Gasteiger partial charge >= 0.3 is 6.18 Å². The molecule has 3 aromatic carbocycles. The molecule has 0 aliphatic carbocycles. The lowest BCUT2D eigenvalue weighted by Gasteiger charge is -2.19. The van der Waals surface area contributed by atoms with Crippen molar-refractivity contribution in [2.24, 2.45) is 0 Å². The van der Waals surface area contributed by atoms with Crippen LogP contribution < -0.4 is 10.6 Å². The van der Waals surface area contributed by atoms with Crippen LogP contribution in [-0.4, -0.2) is 28.7 Å². The Hall–Kier alpha value is -4.05.